The van der Waals surface area contributed by atoms with E-state index in [0.29, 0.717) is 12.5 Å². The van der Waals surface area contributed by atoms with Crippen molar-refractivity contribution in [3.8, 4) is 0 Å². The van der Waals surface area contributed by atoms with Crippen LogP contribution in [0, 0.1) is 5.92 Å². The standard InChI is InChI=1S/C17H33N3O3/c18-15(12-14-4-2-1-3-5-14)16(21)13-17(22)19-6-7-20-8-10-23-11-9-20/h14-16,21H,1-13,18H2,(H,19,22)/t15?,16-/m0/s1. The van der Waals surface area contributed by atoms with Crippen LogP contribution in [0.3, 0.4) is 0 Å². The zero-order valence-corrected chi connectivity index (χ0v) is 14.2. The maximum atomic E-state index is 11.9. The Kier molecular flexibility index (Phi) is 8.30. The fraction of sp³-hybridized carbons (Fsp3) is 0.941. The molecule has 6 nitrogen and oxygen atoms in total. The zero-order chi connectivity index (χ0) is 16.5. The summed E-state index contributed by atoms with van der Waals surface area (Å²) in [6.45, 7) is 4.82. The van der Waals surface area contributed by atoms with Crippen LogP contribution in [-0.4, -0.2) is 67.5 Å². The van der Waals surface area contributed by atoms with Crippen LogP contribution in [0.1, 0.15) is 44.9 Å². The lowest BCUT2D eigenvalue weighted by Gasteiger charge is -2.27. The molecular weight excluding hydrogens is 294 g/mol. The highest BCUT2D eigenvalue weighted by atomic mass is 16.5. The number of aliphatic hydroxyl groups is 1. The number of nitrogens with one attached hydrogen (secondary N) is 1. The molecule has 2 fully saturated rings. The predicted octanol–water partition coefficient (Wildman–Crippen LogP) is 0.484. The van der Waals surface area contributed by atoms with E-state index in [1.807, 2.05) is 0 Å². The molecule has 1 heterocycles. The van der Waals surface area contributed by atoms with Gasteiger partial charge in [-0.3, -0.25) is 9.69 Å². The summed E-state index contributed by atoms with van der Waals surface area (Å²) in [6.07, 6.45) is 6.50. The predicted molar refractivity (Wildman–Crippen MR) is 90.1 cm³/mol. The van der Waals surface area contributed by atoms with Gasteiger partial charge in [-0.15, -0.1) is 0 Å². The lowest BCUT2D eigenvalue weighted by molar-refractivity contribution is -0.123. The zero-order valence-electron chi connectivity index (χ0n) is 14.2. The quantitative estimate of drug-likeness (QED) is 0.604. The number of hydrogen-bond donors (Lipinski definition) is 3. The Labute approximate surface area is 139 Å². The summed E-state index contributed by atoms with van der Waals surface area (Å²) >= 11 is 0. The average molecular weight is 327 g/mol. The molecule has 0 aromatic rings. The van der Waals surface area contributed by atoms with Crippen molar-refractivity contribution in [1.82, 2.24) is 10.2 Å². The summed E-state index contributed by atoms with van der Waals surface area (Å²) in [7, 11) is 0. The van der Waals surface area contributed by atoms with Gasteiger partial charge < -0.3 is 20.9 Å². The summed E-state index contributed by atoms with van der Waals surface area (Å²) in [6, 6.07) is -0.289. The van der Waals surface area contributed by atoms with Gasteiger partial charge in [-0.25, -0.2) is 0 Å². The third kappa shape index (κ3) is 7.16. The molecule has 1 aliphatic carbocycles. The van der Waals surface area contributed by atoms with Crippen molar-refractivity contribution in [3.05, 3.63) is 0 Å². The third-order valence-corrected chi connectivity index (χ3v) is 5.07. The summed E-state index contributed by atoms with van der Waals surface area (Å²) in [5, 5.41) is 13.0. The SMILES string of the molecule is NC(CC1CCCCC1)[C@@H](O)CC(=O)NCCN1CCOCC1. The molecule has 2 aliphatic rings. The second-order valence-corrected chi connectivity index (χ2v) is 6.98. The Morgan fingerprint density at radius 2 is 1.96 bits per heavy atom. The molecular formula is C17H33N3O3. The molecule has 1 amide bonds. The van der Waals surface area contributed by atoms with E-state index in [0.717, 1.165) is 39.3 Å². The molecule has 4 N–H and O–H groups in total. The number of carbonyl (C=O) groups is 1. The van der Waals surface area contributed by atoms with Crippen molar-refractivity contribution in [2.24, 2.45) is 11.7 Å². The van der Waals surface area contributed by atoms with Gasteiger partial charge in [0.25, 0.3) is 0 Å². The van der Waals surface area contributed by atoms with Crippen LogP contribution in [0.4, 0.5) is 0 Å². The molecule has 1 aliphatic heterocycles. The van der Waals surface area contributed by atoms with E-state index in [9.17, 15) is 9.90 Å². The highest BCUT2D eigenvalue weighted by Crippen LogP contribution is 2.27. The van der Waals surface area contributed by atoms with Gasteiger partial charge in [-0.05, 0) is 12.3 Å². The molecule has 1 saturated heterocycles. The molecule has 1 unspecified atom stereocenters. The van der Waals surface area contributed by atoms with Crippen molar-refractivity contribution >= 4 is 5.91 Å². The highest BCUT2D eigenvalue weighted by Gasteiger charge is 2.23. The first-order valence-corrected chi connectivity index (χ1v) is 9.15. The van der Waals surface area contributed by atoms with Gasteiger partial charge in [0, 0.05) is 32.2 Å². The Morgan fingerprint density at radius 3 is 2.65 bits per heavy atom. The van der Waals surface area contributed by atoms with Crippen molar-refractivity contribution < 1.29 is 14.6 Å². The molecule has 134 valence electrons. The first kappa shape index (κ1) is 18.6. The topological polar surface area (TPSA) is 87.8 Å². The van der Waals surface area contributed by atoms with Crippen LogP contribution >= 0.6 is 0 Å². The minimum Gasteiger partial charge on any atom is -0.391 e. The smallest absolute Gasteiger partial charge is 0.222 e. The van der Waals surface area contributed by atoms with Crippen molar-refractivity contribution in [3.63, 3.8) is 0 Å². The first-order valence-electron chi connectivity index (χ1n) is 9.15. The van der Waals surface area contributed by atoms with Gasteiger partial charge in [-0.2, -0.15) is 0 Å². The maximum absolute atomic E-state index is 11.9. The lowest BCUT2D eigenvalue weighted by atomic mass is 9.83. The largest absolute Gasteiger partial charge is 0.391 e. The van der Waals surface area contributed by atoms with Crippen LogP contribution in [0.5, 0.6) is 0 Å². The van der Waals surface area contributed by atoms with Crippen molar-refractivity contribution in [2.45, 2.75) is 57.1 Å². The van der Waals surface area contributed by atoms with Crippen molar-refractivity contribution in [2.75, 3.05) is 39.4 Å². The van der Waals surface area contributed by atoms with Gasteiger partial charge in [0.15, 0.2) is 0 Å². The summed E-state index contributed by atoms with van der Waals surface area (Å²) in [5.41, 5.74) is 6.09. The van der Waals surface area contributed by atoms with Crippen LogP contribution in [0.2, 0.25) is 0 Å². The van der Waals surface area contributed by atoms with E-state index in [-0.39, 0.29) is 18.4 Å². The fourth-order valence-corrected chi connectivity index (χ4v) is 3.56. The number of ether oxygens (including phenoxy) is 1. The number of carbonyl (C=O) groups excluding carboxylic acids is 1. The average Bonchev–Trinajstić information content (AvgIpc) is 2.56. The molecule has 0 aromatic carbocycles. The lowest BCUT2D eigenvalue weighted by Crippen LogP contribution is -2.43. The Bertz CT molecular complexity index is 342. The van der Waals surface area contributed by atoms with E-state index < -0.39 is 6.10 Å². The number of amides is 1. The van der Waals surface area contributed by atoms with E-state index >= 15 is 0 Å². The van der Waals surface area contributed by atoms with E-state index in [1.165, 1.54) is 32.1 Å². The molecule has 23 heavy (non-hydrogen) atoms. The molecule has 0 bridgehead atoms. The molecule has 0 spiro atoms. The van der Waals surface area contributed by atoms with E-state index in [4.69, 9.17) is 10.5 Å². The van der Waals surface area contributed by atoms with Crippen LogP contribution in [0.25, 0.3) is 0 Å². The van der Waals surface area contributed by atoms with Crippen LogP contribution in [0.15, 0.2) is 0 Å². The Balaban J connectivity index is 1.57. The Morgan fingerprint density at radius 1 is 1.26 bits per heavy atom. The molecule has 2 atom stereocenters. The molecule has 0 aromatic heterocycles. The molecule has 2 rings (SSSR count). The van der Waals surface area contributed by atoms with Gasteiger partial charge in [-0.1, -0.05) is 32.1 Å². The van der Waals surface area contributed by atoms with Gasteiger partial charge >= 0.3 is 0 Å². The van der Waals surface area contributed by atoms with E-state index in [1.54, 1.807) is 0 Å². The van der Waals surface area contributed by atoms with Crippen LogP contribution in [-0.2, 0) is 9.53 Å². The molecule has 0 radical (unpaired) electrons. The molecule has 6 heteroatoms. The van der Waals surface area contributed by atoms with Gasteiger partial charge in [0.05, 0.1) is 25.7 Å². The summed E-state index contributed by atoms with van der Waals surface area (Å²) in [4.78, 5) is 14.2. The fourth-order valence-electron chi connectivity index (χ4n) is 3.56. The minimum atomic E-state index is -0.736. The number of nitrogens with zero attached hydrogens (tertiary/aromatic N) is 1. The maximum Gasteiger partial charge on any atom is 0.222 e. The summed E-state index contributed by atoms with van der Waals surface area (Å²) in [5.74, 6) is 0.516. The minimum absolute atomic E-state index is 0.107. The summed E-state index contributed by atoms with van der Waals surface area (Å²) < 4.78 is 5.29. The Hall–Kier alpha value is -0.690. The number of rotatable bonds is 8. The van der Waals surface area contributed by atoms with Crippen LogP contribution < -0.4 is 11.1 Å². The second-order valence-electron chi connectivity index (χ2n) is 6.98. The van der Waals surface area contributed by atoms with E-state index in [2.05, 4.69) is 10.2 Å². The second kappa shape index (κ2) is 10.2. The monoisotopic (exact) mass is 327 g/mol. The van der Waals surface area contributed by atoms with Crippen molar-refractivity contribution in [1.29, 1.82) is 0 Å². The first-order chi connectivity index (χ1) is 11.1. The number of nitrogens with two attached hydrogens (primary N) is 1. The number of morpholine rings is 1. The molecule has 1 saturated carbocycles. The number of hydrogen-bond acceptors (Lipinski definition) is 5. The third-order valence-electron chi connectivity index (χ3n) is 5.07. The van der Waals surface area contributed by atoms with Gasteiger partial charge in [0.1, 0.15) is 0 Å². The number of aliphatic hydroxyl groups excluding tert-OH is 1. The normalized spacial score (nSPS) is 23.4. The van der Waals surface area contributed by atoms with Gasteiger partial charge in [0.2, 0.25) is 5.91 Å². The highest BCUT2D eigenvalue weighted by molar-refractivity contribution is 5.76.